The number of hydrogen-bond donors (Lipinski definition) is 2. The topological polar surface area (TPSA) is 49.3 Å². The minimum Gasteiger partial charge on any atom is -0.480 e. The van der Waals surface area contributed by atoms with Gasteiger partial charge in [0.25, 0.3) is 0 Å². The lowest BCUT2D eigenvalue weighted by Crippen LogP contribution is -2.46. The molecular weight excluding hydrogens is 334 g/mol. The van der Waals surface area contributed by atoms with Crippen molar-refractivity contribution in [2.75, 3.05) is 6.54 Å². The van der Waals surface area contributed by atoms with Crippen LogP contribution in [-0.2, 0) is 4.79 Å². The van der Waals surface area contributed by atoms with Crippen molar-refractivity contribution in [3.05, 3.63) is 82.0 Å². The maximum atomic E-state index is 11.8. The largest absolute Gasteiger partial charge is 0.480 e. The molecule has 25 heavy (non-hydrogen) atoms. The molecule has 2 atom stereocenters. The highest BCUT2D eigenvalue weighted by Gasteiger charge is 2.35. The number of carboxylic acid groups (broad SMARTS) is 1. The van der Waals surface area contributed by atoms with Crippen molar-refractivity contribution >= 4 is 17.6 Å². The molecular formula is C21H24ClNO2. The number of halogens is 1. The Morgan fingerprint density at radius 1 is 1.28 bits per heavy atom. The van der Waals surface area contributed by atoms with Gasteiger partial charge in [-0.25, -0.2) is 0 Å². The normalized spacial score (nSPS) is 21.7. The van der Waals surface area contributed by atoms with Crippen LogP contribution in [0.15, 0.2) is 71.4 Å². The molecule has 1 aromatic rings. The van der Waals surface area contributed by atoms with Gasteiger partial charge in [0.15, 0.2) is 0 Å². The fourth-order valence-corrected chi connectivity index (χ4v) is 3.11. The molecule has 0 radical (unpaired) electrons. The molecule has 1 aromatic carbocycles. The molecule has 132 valence electrons. The summed E-state index contributed by atoms with van der Waals surface area (Å²) in [5.74, 6) is -1.12. The maximum Gasteiger partial charge on any atom is 0.321 e. The first-order valence-corrected chi connectivity index (χ1v) is 8.60. The smallest absolute Gasteiger partial charge is 0.321 e. The lowest BCUT2D eigenvalue weighted by molar-refractivity contribution is -0.139. The van der Waals surface area contributed by atoms with Gasteiger partial charge >= 0.3 is 5.97 Å². The molecule has 4 heteroatoms. The first-order valence-electron chi connectivity index (χ1n) is 8.22. The molecule has 0 aliphatic carbocycles. The van der Waals surface area contributed by atoms with E-state index in [1.54, 1.807) is 12.1 Å². The van der Waals surface area contributed by atoms with Crippen molar-refractivity contribution in [1.82, 2.24) is 5.32 Å². The van der Waals surface area contributed by atoms with Gasteiger partial charge < -0.3 is 5.11 Å². The van der Waals surface area contributed by atoms with E-state index in [-0.39, 0.29) is 5.92 Å². The molecule has 0 aromatic heterocycles. The van der Waals surface area contributed by atoms with E-state index in [0.717, 1.165) is 27.9 Å². The molecule has 0 saturated heterocycles. The predicted molar refractivity (Wildman–Crippen MR) is 104 cm³/mol. The second-order valence-corrected chi connectivity index (χ2v) is 6.97. The molecule has 0 bridgehead atoms. The van der Waals surface area contributed by atoms with Gasteiger partial charge in [0.1, 0.15) is 6.04 Å². The summed E-state index contributed by atoms with van der Waals surface area (Å²) in [6.45, 7) is 10.4. The molecule has 2 rings (SSSR count). The minimum absolute atomic E-state index is 0.267. The molecule has 0 saturated carbocycles. The van der Waals surface area contributed by atoms with Gasteiger partial charge in [0, 0.05) is 17.5 Å². The highest BCUT2D eigenvalue weighted by Crippen LogP contribution is 2.35. The Bertz CT molecular complexity index is 757. The van der Waals surface area contributed by atoms with Crippen molar-refractivity contribution < 1.29 is 9.90 Å². The van der Waals surface area contributed by atoms with Gasteiger partial charge in [-0.05, 0) is 44.0 Å². The van der Waals surface area contributed by atoms with Crippen LogP contribution in [0.4, 0.5) is 0 Å². The fourth-order valence-electron chi connectivity index (χ4n) is 2.98. The van der Waals surface area contributed by atoms with E-state index < -0.39 is 12.0 Å². The fraction of sp³-hybridized carbons (Fsp3) is 0.286. The van der Waals surface area contributed by atoms with Gasteiger partial charge in [0.05, 0.1) is 0 Å². The molecule has 0 amide bonds. The van der Waals surface area contributed by atoms with E-state index in [0.29, 0.717) is 11.6 Å². The lowest BCUT2D eigenvalue weighted by atomic mass is 9.79. The summed E-state index contributed by atoms with van der Waals surface area (Å²) in [7, 11) is 0. The number of benzene rings is 1. The molecule has 2 N–H and O–H groups in total. The molecule has 1 heterocycles. The van der Waals surface area contributed by atoms with E-state index in [1.807, 2.05) is 45.1 Å². The molecule has 0 spiro atoms. The second-order valence-electron chi connectivity index (χ2n) is 6.53. The van der Waals surface area contributed by atoms with Crippen LogP contribution in [0.2, 0.25) is 5.02 Å². The van der Waals surface area contributed by atoms with Gasteiger partial charge in [-0.1, -0.05) is 65.3 Å². The van der Waals surface area contributed by atoms with Crippen molar-refractivity contribution in [2.45, 2.75) is 32.7 Å². The number of rotatable bonds is 5. The quantitative estimate of drug-likeness (QED) is 0.739. The lowest BCUT2D eigenvalue weighted by Gasteiger charge is -2.33. The Labute approximate surface area is 154 Å². The van der Waals surface area contributed by atoms with Crippen LogP contribution in [0.3, 0.4) is 0 Å². The van der Waals surface area contributed by atoms with Crippen LogP contribution in [0.1, 0.15) is 32.3 Å². The van der Waals surface area contributed by atoms with Gasteiger partial charge in [0.2, 0.25) is 0 Å². The predicted octanol–water partition coefficient (Wildman–Crippen LogP) is 4.88. The van der Waals surface area contributed by atoms with E-state index in [2.05, 4.69) is 18.0 Å². The Balaban J connectivity index is 2.51. The third-order valence-corrected chi connectivity index (χ3v) is 4.51. The van der Waals surface area contributed by atoms with Crippen LogP contribution < -0.4 is 5.32 Å². The standard InChI is InChI=1S/C21H24ClNO2/c1-13(2)5-6-14(3)11-18-15(4)12-23-20(21(24)25)19(18)16-7-9-17(22)10-8-16/h5-11,19-20,23H,1,12H2,2-4H3,(H,24,25). The number of nitrogens with one attached hydrogen (secondary N) is 1. The zero-order valence-corrected chi connectivity index (χ0v) is 15.6. The second kappa shape index (κ2) is 8.32. The van der Waals surface area contributed by atoms with Crippen LogP contribution in [-0.4, -0.2) is 23.7 Å². The number of hydrogen-bond acceptors (Lipinski definition) is 2. The molecule has 3 nitrogen and oxygen atoms in total. The van der Waals surface area contributed by atoms with Gasteiger partial charge in [-0.2, -0.15) is 0 Å². The van der Waals surface area contributed by atoms with Crippen molar-refractivity contribution in [1.29, 1.82) is 0 Å². The highest BCUT2D eigenvalue weighted by molar-refractivity contribution is 6.30. The highest BCUT2D eigenvalue weighted by atomic mass is 35.5. The van der Waals surface area contributed by atoms with Crippen molar-refractivity contribution in [3.63, 3.8) is 0 Å². The summed E-state index contributed by atoms with van der Waals surface area (Å²) in [6, 6.07) is 6.73. The zero-order chi connectivity index (χ0) is 18.6. The Morgan fingerprint density at radius 2 is 1.92 bits per heavy atom. The Kier molecular flexibility index (Phi) is 6.40. The van der Waals surface area contributed by atoms with E-state index in [1.165, 1.54) is 0 Å². The molecule has 1 aliphatic heterocycles. The van der Waals surface area contributed by atoms with E-state index in [4.69, 9.17) is 11.6 Å². The zero-order valence-electron chi connectivity index (χ0n) is 14.8. The Morgan fingerprint density at radius 3 is 2.48 bits per heavy atom. The minimum atomic E-state index is -0.853. The first kappa shape index (κ1) is 19.2. The van der Waals surface area contributed by atoms with Crippen LogP contribution >= 0.6 is 11.6 Å². The number of allylic oxidation sites excluding steroid dienone is 5. The number of carbonyl (C=O) groups is 1. The average molecular weight is 358 g/mol. The summed E-state index contributed by atoms with van der Waals surface area (Å²) >= 11 is 6.00. The first-order chi connectivity index (χ1) is 11.8. The van der Waals surface area contributed by atoms with E-state index >= 15 is 0 Å². The maximum absolute atomic E-state index is 11.8. The Hall–Kier alpha value is -2.10. The third kappa shape index (κ3) is 4.94. The van der Waals surface area contributed by atoms with E-state index in [9.17, 15) is 9.90 Å². The van der Waals surface area contributed by atoms with Crippen LogP contribution in [0.5, 0.6) is 0 Å². The van der Waals surface area contributed by atoms with Crippen LogP contribution in [0, 0.1) is 0 Å². The molecule has 0 fully saturated rings. The number of carboxylic acids is 1. The molecule has 1 aliphatic rings. The monoisotopic (exact) mass is 357 g/mol. The van der Waals surface area contributed by atoms with Gasteiger partial charge in [-0.3, -0.25) is 10.1 Å². The summed E-state index contributed by atoms with van der Waals surface area (Å²) in [4.78, 5) is 11.8. The number of aliphatic carboxylic acids is 1. The van der Waals surface area contributed by atoms with Crippen molar-refractivity contribution in [3.8, 4) is 0 Å². The van der Waals surface area contributed by atoms with Gasteiger partial charge in [-0.15, -0.1) is 0 Å². The average Bonchev–Trinajstić information content (AvgIpc) is 2.55. The summed E-state index contributed by atoms with van der Waals surface area (Å²) < 4.78 is 0. The summed E-state index contributed by atoms with van der Waals surface area (Å²) in [6.07, 6.45) is 6.03. The third-order valence-electron chi connectivity index (χ3n) is 4.26. The summed E-state index contributed by atoms with van der Waals surface area (Å²) in [5.41, 5.74) is 5.15. The van der Waals surface area contributed by atoms with Crippen LogP contribution in [0.25, 0.3) is 0 Å². The summed E-state index contributed by atoms with van der Waals surface area (Å²) in [5, 5.41) is 13.5. The molecule has 2 unspecified atom stereocenters. The SMILES string of the molecule is C=C(C)C=CC(C)=CC1=C(C)CNC(C(=O)O)C1c1ccc(Cl)cc1. The van der Waals surface area contributed by atoms with Crippen molar-refractivity contribution in [2.24, 2.45) is 0 Å².